The van der Waals surface area contributed by atoms with Crippen molar-refractivity contribution in [3.05, 3.63) is 28.8 Å². The topological polar surface area (TPSA) is 15.3 Å². The van der Waals surface area contributed by atoms with Crippen molar-refractivity contribution in [2.75, 3.05) is 24.5 Å². The average Bonchev–Trinajstić information content (AvgIpc) is 3.01. The van der Waals surface area contributed by atoms with E-state index in [1.807, 2.05) is 6.07 Å². The van der Waals surface area contributed by atoms with Crippen molar-refractivity contribution in [1.29, 1.82) is 0 Å². The van der Waals surface area contributed by atoms with Gasteiger partial charge < -0.3 is 10.2 Å². The van der Waals surface area contributed by atoms with Crippen LogP contribution in [0.15, 0.2) is 18.2 Å². The van der Waals surface area contributed by atoms with Gasteiger partial charge in [-0.25, -0.2) is 0 Å². The molecule has 0 aromatic heterocycles. The number of hydrogen-bond donors (Lipinski definition) is 1. The van der Waals surface area contributed by atoms with E-state index >= 15 is 0 Å². The number of nitrogens with one attached hydrogen (secondary N) is 1. The number of hydrogen-bond acceptors (Lipinski definition) is 2. The second-order valence-corrected chi connectivity index (χ2v) is 7.53. The summed E-state index contributed by atoms with van der Waals surface area (Å²) in [5, 5.41) is 4.45. The van der Waals surface area contributed by atoms with Gasteiger partial charge in [0.15, 0.2) is 0 Å². The van der Waals surface area contributed by atoms with Gasteiger partial charge >= 0.3 is 0 Å². The van der Waals surface area contributed by atoms with E-state index in [4.69, 9.17) is 11.6 Å². The van der Waals surface area contributed by atoms with Gasteiger partial charge in [-0.1, -0.05) is 37.9 Å². The molecule has 1 saturated heterocycles. The fourth-order valence-electron chi connectivity index (χ4n) is 3.94. The fraction of sp³-hybridized carbons (Fsp3) is 0.667. The first-order valence-electron chi connectivity index (χ1n) is 8.38. The molecule has 2 unspecified atom stereocenters. The lowest BCUT2D eigenvalue weighted by Crippen LogP contribution is -2.25. The molecule has 0 radical (unpaired) electrons. The molecule has 3 heteroatoms. The summed E-state index contributed by atoms with van der Waals surface area (Å²) in [6, 6.07) is 6.37. The van der Waals surface area contributed by atoms with E-state index in [9.17, 15) is 0 Å². The summed E-state index contributed by atoms with van der Waals surface area (Å²) in [6.45, 7) is 8.84. The van der Waals surface area contributed by atoms with Crippen LogP contribution in [0.5, 0.6) is 0 Å². The molecule has 0 spiro atoms. The van der Waals surface area contributed by atoms with E-state index in [-0.39, 0.29) is 0 Å². The van der Waals surface area contributed by atoms with Crippen LogP contribution >= 0.6 is 11.6 Å². The average molecular weight is 307 g/mol. The summed E-state index contributed by atoms with van der Waals surface area (Å²) in [7, 11) is 0. The first kappa shape index (κ1) is 15.2. The monoisotopic (exact) mass is 306 g/mol. The number of anilines is 1. The summed E-state index contributed by atoms with van der Waals surface area (Å²) in [4.78, 5) is 2.58. The molecule has 2 atom stereocenters. The zero-order valence-corrected chi connectivity index (χ0v) is 14.0. The van der Waals surface area contributed by atoms with Gasteiger partial charge in [0.25, 0.3) is 0 Å². The normalized spacial score (nSPS) is 24.9. The van der Waals surface area contributed by atoms with Crippen molar-refractivity contribution in [1.82, 2.24) is 5.32 Å². The Bertz CT molecular complexity index is 474. The Balaban J connectivity index is 1.74. The van der Waals surface area contributed by atoms with Gasteiger partial charge in [-0.2, -0.15) is 0 Å². The van der Waals surface area contributed by atoms with E-state index in [1.54, 1.807) is 0 Å². The van der Waals surface area contributed by atoms with Crippen molar-refractivity contribution >= 4 is 17.3 Å². The van der Waals surface area contributed by atoms with Crippen LogP contribution in [0, 0.1) is 17.8 Å². The van der Waals surface area contributed by atoms with Gasteiger partial charge in [-0.05, 0) is 49.3 Å². The zero-order chi connectivity index (χ0) is 14.8. The number of rotatable bonds is 5. The molecule has 1 aliphatic heterocycles. The summed E-state index contributed by atoms with van der Waals surface area (Å²) in [6.07, 6.45) is 4.27. The van der Waals surface area contributed by atoms with Crippen LogP contribution in [-0.4, -0.2) is 19.6 Å². The van der Waals surface area contributed by atoms with Crippen LogP contribution in [-0.2, 0) is 6.54 Å². The van der Waals surface area contributed by atoms with Crippen LogP contribution in [0.3, 0.4) is 0 Å². The largest absolute Gasteiger partial charge is 0.371 e. The van der Waals surface area contributed by atoms with Gasteiger partial charge in [0.2, 0.25) is 0 Å². The molecule has 2 nitrogen and oxygen atoms in total. The fourth-order valence-corrected chi connectivity index (χ4v) is 4.17. The second-order valence-electron chi connectivity index (χ2n) is 7.12. The molecular formula is C18H27ClN2. The molecule has 1 N–H and O–H groups in total. The highest BCUT2D eigenvalue weighted by atomic mass is 35.5. The molecule has 1 aliphatic carbocycles. The smallest absolute Gasteiger partial charge is 0.0471 e. The Morgan fingerprint density at radius 1 is 1.24 bits per heavy atom. The third-order valence-electron chi connectivity index (χ3n) is 5.02. The molecule has 1 heterocycles. The summed E-state index contributed by atoms with van der Waals surface area (Å²) in [5.74, 6) is 2.50. The van der Waals surface area contributed by atoms with E-state index in [0.717, 1.165) is 29.9 Å². The molecule has 2 aliphatic rings. The predicted octanol–water partition coefficient (Wildman–Crippen LogP) is 4.32. The minimum absolute atomic E-state index is 0.669. The first-order valence-corrected chi connectivity index (χ1v) is 8.76. The quantitative estimate of drug-likeness (QED) is 0.871. The number of nitrogens with zero attached hydrogens (tertiary/aromatic N) is 1. The van der Waals surface area contributed by atoms with Crippen LogP contribution in [0.1, 0.15) is 38.7 Å². The summed E-state index contributed by atoms with van der Waals surface area (Å²) >= 11 is 6.48. The highest BCUT2D eigenvalue weighted by molar-refractivity contribution is 6.31. The number of fused-ring (bicyclic) bond motifs is 1. The summed E-state index contributed by atoms with van der Waals surface area (Å²) in [5.41, 5.74) is 2.63. The molecule has 1 aromatic carbocycles. The lowest BCUT2D eigenvalue weighted by Gasteiger charge is -2.24. The SMILES string of the molecule is CC(C)CNCc1c(Cl)cccc1N1CC2CCCC2C1. The van der Waals surface area contributed by atoms with Crippen molar-refractivity contribution in [3.63, 3.8) is 0 Å². The van der Waals surface area contributed by atoms with Gasteiger partial charge in [0, 0.05) is 35.9 Å². The maximum Gasteiger partial charge on any atom is 0.0471 e. The van der Waals surface area contributed by atoms with E-state index in [1.165, 1.54) is 43.6 Å². The third-order valence-corrected chi connectivity index (χ3v) is 5.37. The van der Waals surface area contributed by atoms with Crippen LogP contribution in [0.25, 0.3) is 0 Å². The zero-order valence-electron chi connectivity index (χ0n) is 13.2. The van der Waals surface area contributed by atoms with Crippen molar-refractivity contribution in [2.24, 2.45) is 17.8 Å². The second kappa shape index (κ2) is 6.58. The van der Waals surface area contributed by atoms with Gasteiger partial charge in [0.1, 0.15) is 0 Å². The first-order chi connectivity index (χ1) is 10.1. The Morgan fingerprint density at radius 2 is 1.95 bits per heavy atom. The third kappa shape index (κ3) is 3.37. The molecule has 116 valence electrons. The van der Waals surface area contributed by atoms with E-state index < -0.39 is 0 Å². The minimum Gasteiger partial charge on any atom is -0.371 e. The molecule has 1 aromatic rings. The molecule has 21 heavy (non-hydrogen) atoms. The Morgan fingerprint density at radius 3 is 2.62 bits per heavy atom. The minimum atomic E-state index is 0.669. The number of benzene rings is 1. The Kier molecular flexibility index (Phi) is 4.75. The van der Waals surface area contributed by atoms with Crippen molar-refractivity contribution in [2.45, 2.75) is 39.7 Å². The lowest BCUT2D eigenvalue weighted by atomic mass is 10.0. The Labute approximate surface area is 133 Å². The van der Waals surface area contributed by atoms with Gasteiger partial charge in [0.05, 0.1) is 0 Å². The van der Waals surface area contributed by atoms with Crippen molar-refractivity contribution < 1.29 is 0 Å². The molecule has 2 fully saturated rings. The van der Waals surface area contributed by atoms with Crippen LogP contribution < -0.4 is 10.2 Å². The van der Waals surface area contributed by atoms with Crippen molar-refractivity contribution in [3.8, 4) is 0 Å². The van der Waals surface area contributed by atoms with Gasteiger partial charge in [-0.15, -0.1) is 0 Å². The Hall–Kier alpha value is -0.730. The van der Waals surface area contributed by atoms with Gasteiger partial charge in [-0.3, -0.25) is 0 Å². The molecule has 0 bridgehead atoms. The van der Waals surface area contributed by atoms with Crippen LogP contribution in [0.2, 0.25) is 5.02 Å². The maximum absolute atomic E-state index is 6.48. The van der Waals surface area contributed by atoms with E-state index in [0.29, 0.717) is 5.92 Å². The lowest BCUT2D eigenvalue weighted by molar-refractivity contribution is 0.494. The standard InChI is InChI=1S/C18H27ClN2/c1-13(2)9-20-10-16-17(19)7-4-8-18(16)21-11-14-5-3-6-15(14)12-21/h4,7-8,13-15,20H,3,5-6,9-12H2,1-2H3. The molecule has 0 amide bonds. The number of halogens is 1. The summed E-state index contributed by atoms with van der Waals surface area (Å²) < 4.78 is 0. The maximum atomic E-state index is 6.48. The highest BCUT2D eigenvalue weighted by Crippen LogP contribution is 2.41. The predicted molar refractivity (Wildman–Crippen MR) is 91.0 cm³/mol. The molecule has 3 rings (SSSR count). The molecular weight excluding hydrogens is 280 g/mol. The van der Waals surface area contributed by atoms with E-state index in [2.05, 4.69) is 36.2 Å². The highest BCUT2D eigenvalue weighted by Gasteiger charge is 2.36. The van der Waals surface area contributed by atoms with Crippen LogP contribution in [0.4, 0.5) is 5.69 Å². The molecule has 1 saturated carbocycles.